The first-order valence-electron chi connectivity index (χ1n) is 5.87. The van der Waals surface area contributed by atoms with Gasteiger partial charge in [0.2, 0.25) is 11.8 Å². The largest absolute Gasteiger partial charge is 0.296 e. The summed E-state index contributed by atoms with van der Waals surface area (Å²) < 4.78 is 0. The molecular weight excluding hydrogens is 190 g/mol. The first-order valence-corrected chi connectivity index (χ1v) is 5.87. The molecule has 1 heterocycles. The zero-order valence-corrected chi connectivity index (χ0v) is 9.93. The van der Waals surface area contributed by atoms with Gasteiger partial charge in [0, 0.05) is 12.3 Å². The predicted molar refractivity (Wildman–Crippen MR) is 59.2 cm³/mol. The van der Waals surface area contributed by atoms with Crippen LogP contribution in [0.1, 0.15) is 52.9 Å². The Labute approximate surface area is 91.6 Å². The van der Waals surface area contributed by atoms with Crippen LogP contribution < -0.4 is 5.32 Å². The standard InChI is InChI=1S/C12H21NO2/c1-4-6-9-11(15)13-10(14)8-12(9,3)7-5-2/h9H,4-8H2,1-3H3,(H,13,14,15). The molecule has 0 saturated carbocycles. The molecule has 3 heteroatoms. The topological polar surface area (TPSA) is 46.2 Å². The van der Waals surface area contributed by atoms with Crippen molar-refractivity contribution in [3.63, 3.8) is 0 Å². The molecule has 1 aliphatic rings. The normalized spacial score (nSPS) is 31.5. The lowest BCUT2D eigenvalue weighted by molar-refractivity contribution is -0.143. The summed E-state index contributed by atoms with van der Waals surface area (Å²) in [6.07, 6.45) is 4.35. The van der Waals surface area contributed by atoms with Gasteiger partial charge in [-0.05, 0) is 18.3 Å². The minimum Gasteiger partial charge on any atom is -0.296 e. The number of hydrogen-bond acceptors (Lipinski definition) is 2. The van der Waals surface area contributed by atoms with E-state index in [9.17, 15) is 9.59 Å². The minimum atomic E-state index is -0.121. The summed E-state index contributed by atoms with van der Waals surface area (Å²) in [6, 6.07) is 0. The number of carbonyl (C=O) groups excluding carboxylic acids is 2. The Morgan fingerprint density at radius 2 is 2.00 bits per heavy atom. The summed E-state index contributed by atoms with van der Waals surface area (Å²) in [7, 11) is 0. The lowest BCUT2D eigenvalue weighted by Gasteiger charge is -2.39. The summed E-state index contributed by atoms with van der Waals surface area (Å²) in [5.74, 6) is -0.160. The maximum absolute atomic E-state index is 11.8. The van der Waals surface area contributed by atoms with Crippen molar-refractivity contribution in [1.29, 1.82) is 0 Å². The number of imide groups is 1. The molecule has 1 rings (SSSR count). The Kier molecular flexibility index (Phi) is 3.89. The van der Waals surface area contributed by atoms with Gasteiger partial charge >= 0.3 is 0 Å². The summed E-state index contributed by atoms with van der Waals surface area (Å²) in [4.78, 5) is 23.1. The molecule has 2 amide bonds. The van der Waals surface area contributed by atoms with Crippen LogP contribution >= 0.6 is 0 Å². The number of amides is 2. The van der Waals surface area contributed by atoms with Crippen molar-refractivity contribution < 1.29 is 9.59 Å². The number of hydrogen-bond donors (Lipinski definition) is 1. The number of rotatable bonds is 4. The maximum atomic E-state index is 11.8. The second-order valence-corrected chi connectivity index (χ2v) is 4.83. The first-order chi connectivity index (χ1) is 7.03. The third-order valence-corrected chi connectivity index (χ3v) is 3.38. The molecular formula is C12H21NO2. The fraction of sp³-hybridized carbons (Fsp3) is 0.833. The van der Waals surface area contributed by atoms with Gasteiger partial charge in [0.15, 0.2) is 0 Å². The van der Waals surface area contributed by atoms with Crippen LogP contribution in [0.4, 0.5) is 0 Å². The summed E-state index contributed by atoms with van der Waals surface area (Å²) in [5, 5.41) is 2.45. The Balaban J connectivity index is 2.85. The average Bonchev–Trinajstić information content (AvgIpc) is 2.11. The highest BCUT2D eigenvalue weighted by Gasteiger charge is 2.43. The van der Waals surface area contributed by atoms with Crippen LogP contribution in [0, 0.1) is 11.3 Å². The zero-order valence-electron chi connectivity index (χ0n) is 9.93. The molecule has 3 nitrogen and oxygen atoms in total. The van der Waals surface area contributed by atoms with Gasteiger partial charge < -0.3 is 0 Å². The van der Waals surface area contributed by atoms with Gasteiger partial charge in [-0.3, -0.25) is 14.9 Å². The van der Waals surface area contributed by atoms with E-state index in [0.717, 1.165) is 25.7 Å². The Morgan fingerprint density at radius 1 is 1.33 bits per heavy atom. The molecule has 0 aromatic rings. The van der Waals surface area contributed by atoms with E-state index in [1.807, 2.05) is 0 Å². The lowest BCUT2D eigenvalue weighted by atomic mass is 9.67. The molecule has 2 unspecified atom stereocenters. The van der Waals surface area contributed by atoms with Crippen LogP contribution in [0.15, 0.2) is 0 Å². The van der Waals surface area contributed by atoms with Crippen molar-refractivity contribution in [3.05, 3.63) is 0 Å². The summed E-state index contributed by atoms with van der Waals surface area (Å²) in [5.41, 5.74) is -0.121. The minimum absolute atomic E-state index is 0.0140. The third-order valence-electron chi connectivity index (χ3n) is 3.38. The summed E-state index contributed by atoms with van der Waals surface area (Å²) in [6.45, 7) is 6.26. The highest BCUT2D eigenvalue weighted by atomic mass is 16.2. The Bertz CT molecular complexity index is 262. The van der Waals surface area contributed by atoms with Crippen molar-refractivity contribution in [2.24, 2.45) is 11.3 Å². The highest BCUT2D eigenvalue weighted by Crippen LogP contribution is 2.41. The molecule has 0 spiro atoms. The first kappa shape index (κ1) is 12.2. The van der Waals surface area contributed by atoms with E-state index in [-0.39, 0.29) is 23.1 Å². The molecule has 2 atom stereocenters. The molecule has 15 heavy (non-hydrogen) atoms. The number of piperidine rings is 1. The van der Waals surface area contributed by atoms with Gasteiger partial charge in [-0.1, -0.05) is 33.6 Å². The summed E-state index contributed by atoms with van der Waals surface area (Å²) >= 11 is 0. The van der Waals surface area contributed by atoms with Gasteiger partial charge in [-0.25, -0.2) is 0 Å². The average molecular weight is 211 g/mol. The molecule has 1 fully saturated rings. The van der Waals surface area contributed by atoms with E-state index < -0.39 is 0 Å². The van der Waals surface area contributed by atoms with Crippen LogP contribution in [0.5, 0.6) is 0 Å². The van der Waals surface area contributed by atoms with Crippen molar-refractivity contribution in [3.8, 4) is 0 Å². The van der Waals surface area contributed by atoms with E-state index in [1.165, 1.54) is 0 Å². The molecule has 1 aliphatic heterocycles. The molecule has 1 N–H and O–H groups in total. The quantitative estimate of drug-likeness (QED) is 0.725. The molecule has 86 valence electrons. The van der Waals surface area contributed by atoms with Crippen molar-refractivity contribution in [1.82, 2.24) is 5.32 Å². The molecule has 0 bridgehead atoms. The molecule has 0 aliphatic carbocycles. The monoisotopic (exact) mass is 211 g/mol. The van der Waals surface area contributed by atoms with Crippen LogP contribution in [-0.2, 0) is 9.59 Å². The molecule has 1 saturated heterocycles. The lowest BCUT2D eigenvalue weighted by Crippen LogP contribution is -2.50. The maximum Gasteiger partial charge on any atom is 0.230 e. The number of carbonyl (C=O) groups is 2. The van der Waals surface area contributed by atoms with Gasteiger partial charge in [0.1, 0.15) is 0 Å². The van der Waals surface area contributed by atoms with E-state index in [1.54, 1.807) is 0 Å². The second-order valence-electron chi connectivity index (χ2n) is 4.83. The van der Waals surface area contributed by atoms with E-state index in [2.05, 4.69) is 26.1 Å². The van der Waals surface area contributed by atoms with Gasteiger partial charge in [-0.2, -0.15) is 0 Å². The van der Waals surface area contributed by atoms with Crippen LogP contribution in [0.3, 0.4) is 0 Å². The molecule has 0 aromatic carbocycles. The van der Waals surface area contributed by atoms with Crippen LogP contribution in [0.25, 0.3) is 0 Å². The van der Waals surface area contributed by atoms with Crippen LogP contribution in [-0.4, -0.2) is 11.8 Å². The van der Waals surface area contributed by atoms with Crippen molar-refractivity contribution in [2.75, 3.05) is 0 Å². The van der Waals surface area contributed by atoms with E-state index >= 15 is 0 Å². The Hall–Kier alpha value is -0.860. The van der Waals surface area contributed by atoms with Gasteiger partial charge in [0.05, 0.1) is 0 Å². The SMILES string of the molecule is CCCC1C(=O)NC(=O)CC1(C)CCC. The second kappa shape index (κ2) is 4.77. The fourth-order valence-corrected chi connectivity index (χ4v) is 2.68. The molecule has 0 radical (unpaired) electrons. The molecule has 0 aromatic heterocycles. The van der Waals surface area contributed by atoms with Crippen molar-refractivity contribution in [2.45, 2.75) is 52.9 Å². The smallest absolute Gasteiger partial charge is 0.230 e. The zero-order chi connectivity index (χ0) is 11.5. The van der Waals surface area contributed by atoms with Crippen LogP contribution in [0.2, 0.25) is 0 Å². The predicted octanol–water partition coefficient (Wildman–Crippen LogP) is 2.26. The van der Waals surface area contributed by atoms with Gasteiger partial charge in [0.25, 0.3) is 0 Å². The van der Waals surface area contributed by atoms with E-state index in [0.29, 0.717) is 6.42 Å². The van der Waals surface area contributed by atoms with Crippen molar-refractivity contribution >= 4 is 11.8 Å². The van der Waals surface area contributed by atoms with Gasteiger partial charge in [-0.15, -0.1) is 0 Å². The fourth-order valence-electron chi connectivity index (χ4n) is 2.68. The third kappa shape index (κ3) is 2.58. The number of nitrogens with one attached hydrogen (secondary N) is 1. The highest BCUT2D eigenvalue weighted by molar-refractivity contribution is 5.99. The Morgan fingerprint density at radius 3 is 2.53 bits per heavy atom. The van der Waals surface area contributed by atoms with E-state index in [4.69, 9.17) is 0 Å².